The molecule has 14 aromatic carbocycles. The van der Waals surface area contributed by atoms with Gasteiger partial charge in [-0.3, -0.25) is 0 Å². The molecule has 11 heteroatoms. The molecule has 4 aliphatic rings. The van der Waals surface area contributed by atoms with E-state index < -0.39 is 16.1 Å². The van der Waals surface area contributed by atoms with Gasteiger partial charge < -0.3 is 19.7 Å². The van der Waals surface area contributed by atoms with E-state index in [-0.39, 0.29) is 47.2 Å². The average molecular weight is 1680 g/mol. The number of halogens is 2. The Morgan fingerprint density at radius 2 is 0.611 bits per heavy atom. The van der Waals surface area contributed by atoms with Crippen LogP contribution in [0.4, 0.5) is 28.4 Å². The van der Waals surface area contributed by atoms with E-state index >= 15 is 0 Å². The molecule has 0 saturated heterocycles. The number of anilines is 5. The molecule has 14 aromatic rings. The topological polar surface area (TPSA) is 33.7 Å². The fraction of sp³-hybridized carbons (Fsp3) is 0.176. The van der Waals surface area contributed by atoms with Gasteiger partial charge in [-0.15, -0.1) is 24.0 Å². The van der Waals surface area contributed by atoms with Crippen LogP contribution in [0.25, 0.3) is 0 Å². The standard InChI is InChI=1S/C51H48BNOSi.C27H30BBrO.C24H19NSi.B.HI.H2/c1-34(2)37-31-41(35(3)4)51(42(32-37)36(5)6)52-43-23-13-16-26-47(43)54-48-30-29-38(33-44(48)52)53-45-24-14-17-27-49(45)55(39-19-9-7-10-20-39,40-21-11-8-12-22-40)50-28-18-15-25-46(50)53;1-16(2)19-13-21(17(3)4)27(22(14-19)18(5)6)28-23-9-7-8-10-25(23)30-26-12-11-20(29)15-24(26)28;1-3-11-19(12-4-1)26(20-13-5-2-6-14-20)23-17-9-7-15-21(23)25-22-16-8-10-18-24(22)26;;;/h7-36H,1-6H3;7-18H,1-6H3;1-18,25H;;2*1H. The van der Waals surface area contributed by atoms with Crippen molar-refractivity contribution in [2.45, 2.75) is 119 Å². The van der Waals surface area contributed by atoms with E-state index in [0.717, 1.165) is 33.2 Å². The molecule has 0 unspecified atom stereocenters. The first-order valence-corrected chi connectivity index (χ1v) is 44.8. The van der Waals surface area contributed by atoms with Crippen LogP contribution in [0.3, 0.4) is 0 Å². The fourth-order valence-electron chi connectivity index (χ4n) is 18.3. The van der Waals surface area contributed by atoms with Gasteiger partial charge in [0.2, 0.25) is 0 Å². The highest BCUT2D eigenvalue weighted by atomic mass is 127. The second-order valence-corrected chi connectivity index (χ2v) is 40.6. The molecular weight excluding hydrogens is 1580 g/mol. The lowest BCUT2D eigenvalue weighted by Gasteiger charge is -2.45. The molecule has 4 aliphatic heterocycles. The summed E-state index contributed by atoms with van der Waals surface area (Å²) in [6, 6.07) is 121. The van der Waals surface area contributed by atoms with E-state index in [0.29, 0.717) is 35.5 Å². The molecule has 561 valence electrons. The maximum absolute atomic E-state index is 6.81. The summed E-state index contributed by atoms with van der Waals surface area (Å²) in [6.07, 6.45) is 0. The predicted octanol–water partition coefficient (Wildman–Crippen LogP) is 18.9. The highest BCUT2D eigenvalue weighted by Gasteiger charge is 2.50. The Kier molecular flexibility index (Phi) is 23.8. The van der Waals surface area contributed by atoms with Crippen molar-refractivity contribution in [1.29, 1.82) is 0 Å². The second-order valence-electron chi connectivity index (χ2n) is 32.3. The number of fused-ring (bicyclic) bond motifs is 8. The van der Waals surface area contributed by atoms with Crippen LogP contribution >= 0.6 is 39.9 Å². The van der Waals surface area contributed by atoms with Gasteiger partial charge in [0.15, 0.2) is 16.1 Å². The van der Waals surface area contributed by atoms with Crippen LogP contribution in [-0.2, 0) is 0 Å². The third-order valence-corrected chi connectivity index (χ3v) is 33.8. The van der Waals surface area contributed by atoms with Crippen molar-refractivity contribution in [3.05, 3.63) is 365 Å². The molecule has 4 nitrogen and oxygen atoms in total. The zero-order chi connectivity index (χ0) is 76.8. The first-order chi connectivity index (χ1) is 54.0. The van der Waals surface area contributed by atoms with Gasteiger partial charge in [0, 0.05) is 42.7 Å². The Labute approximate surface area is 702 Å². The first-order valence-electron chi connectivity index (χ1n) is 40.0. The average Bonchev–Trinajstić information content (AvgIpc) is 0.701. The summed E-state index contributed by atoms with van der Waals surface area (Å²) < 4.78 is 14.2. The molecule has 18 rings (SSSR count). The van der Waals surface area contributed by atoms with Gasteiger partial charge in [-0.25, -0.2) is 0 Å². The molecule has 1 N–H and O–H groups in total. The van der Waals surface area contributed by atoms with Gasteiger partial charge >= 0.3 is 0 Å². The fourth-order valence-corrected chi connectivity index (χ4v) is 28.8. The molecule has 3 radical (unpaired) electrons. The van der Waals surface area contributed by atoms with E-state index in [2.05, 4.69) is 437 Å². The molecule has 0 bridgehead atoms. The second kappa shape index (κ2) is 33.7. The number of para-hydroxylation sites is 6. The smallest absolute Gasteiger partial charge is 0.251 e. The van der Waals surface area contributed by atoms with Crippen molar-refractivity contribution in [2.24, 2.45) is 0 Å². The Balaban J connectivity index is 0.000000162. The highest BCUT2D eigenvalue weighted by Crippen LogP contribution is 2.41. The normalized spacial score (nSPS) is 13.5. The van der Waals surface area contributed by atoms with Crippen LogP contribution < -0.4 is 94.0 Å². The van der Waals surface area contributed by atoms with Gasteiger partial charge in [-0.1, -0.05) is 365 Å². The minimum Gasteiger partial charge on any atom is -0.458 e. The molecule has 0 aromatic heterocycles. The van der Waals surface area contributed by atoms with E-state index in [9.17, 15) is 0 Å². The monoisotopic (exact) mass is 1680 g/mol. The first kappa shape index (κ1) is 79.8. The zero-order valence-electron chi connectivity index (χ0n) is 66.9. The van der Waals surface area contributed by atoms with Crippen molar-refractivity contribution in [2.75, 3.05) is 10.2 Å². The van der Waals surface area contributed by atoms with Crippen LogP contribution in [0.5, 0.6) is 23.0 Å². The van der Waals surface area contributed by atoms with Crippen LogP contribution in [0.15, 0.2) is 332 Å². The van der Waals surface area contributed by atoms with Crippen LogP contribution in [-0.4, -0.2) is 38.0 Å². The van der Waals surface area contributed by atoms with E-state index in [1.807, 2.05) is 0 Å². The maximum Gasteiger partial charge on any atom is 0.251 e. The predicted molar refractivity (Wildman–Crippen MR) is 509 cm³/mol. The molecule has 113 heavy (non-hydrogen) atoms. The number of hydrogen-bond donors (Lipinski definition) is 1. The Morgan fingerprint density at radius 1 is 0.310 bits per heavy atom. The molecule has 0 saturated carbocycles. The van der Waals surface area contributed by atoms with Crippen LogP contribution in [0.1, 0.15) is 153 Å². The van der Waals surface area contributed by atoms with Gasteiger partial charge in [0.25, 0.3) is 13.4 Å². The lowest BCUT2D eigenvalue weighted by molar-refractivity contribution is 0.487. The largest absolute Gasteiger partial charge is 0.458 e. The number of nitrogens with zero attached hydrogens (tertiary/aromatic N) is 1. The summed E-state index contributed by atoms with van der Waals surface area (Å²) in [5.74, 6) is 6.38. The van der Waals surface area contributed by atoms with Gasteiger partial charge in [-0.05, 0) is 205 Å². The van der Waals surface area contributed by atoms with Gasteiger partial charge in [0.1, 0.15) is 23.0 Å². The molecule has 4 heterocycles. The molecule has 0 spiro atoms. The number of hydrogen-bond acceptors (Lipinski definition) is 4. The SMILES string of the molecule is CC(C)c1cc(C(C)C)c(B2c3ccccc3Oc3ccc(Br)cc32)c(C(C)C)c1.CC(C)c1cc(C(C)C)c(B2c3ccccc3Oc3ccc(N4c5ccccc5[Si](c5ccccc5)(c5ccccc5)c5ccccc54)cc32)c(C(C)C)c1.I.[B].[HH].c1ccc([Si]2(c3ccccc3)c3ccccc3Nc3ccccc32)cc1. The van der Waals surface area contributed by atoms with Crippen molar-refractivity contribution in [1.82, 2.24) is 0 Å². The van der Waals surface area contributed by atoms with Gasteiger partial charge in [-0.2, -0.15) is 0 Å². The number of benzene rings is 14. The third-order valence-electron chi connectivity index (χ3n) is 23.5. The third kappa shape index (κ3) is 14.5. The van der Waals surface area contributed by atoms with Crippen molar-refractivity contribution in [3.8, 4) is 23.0 Å². The van der Waals surface area contributed by atoms with E-state index in [4.69, 9.17) is 9.47 Å². The van der Waals surface area contributed by atoms with E-state index in [1.54, 1.807) is 0 Å². The number of rotatable bonds is 13. The minimum absolute atomic E-state index is 0. The summed E-state index contributed by atoms with van der Waals surface area (Å²) in [4.78, 5) is 2.52. The quantitative estimate of drug-likeness (QED) is 0.0921. The molecule has 0 aliphatic carbocycles. The molecule has 0 fully saturated rings. The maximum atomic E-state index is 6.81. The molecular formula is C102H100B3BrIN2O2Si2. The van der Waals surface area contributed by atoms with E-state index in [1.165, 1.54) is 130 Å². The van der Waals surface area contributed by atoms with Crippen LogP contribution in [0, 0.1) is 0 Å². The summed E-state index contributed by atoms with van der Waals surface area (Å²) in [5.41, 5.74) is 22.5. The van der Waals surface area contributed by atoms with Gasteiger partial charge in [0.05, 0.1) is 0 Å². The number of nitrogens with one attached hydrogen (secondary N) is 1. The Bertz CT molecular complexity index is 5520. The molecule has 0 amide bonds. The van der Waals surface area contributed by atoms with Crippen molar-refractivity contribution >= 4 is 181 Å². The summed E-state index contributed by atoms with van der Waals surface area (Å²) in [6.45, 7) is 28.1. The summed E-state index contributed by atoms with van der Waals surface area (Å²) >= 11 is 3.70. The molecule has 0 atom stereocenters. The van der Waals surface area contributed by atoms with Crippen molar-refractivity contribution in [3.63, 3.8) is 0 Å². The Morgan fingerprint density at radius 3 is 0.982 bits per heavy atom. The van der Waals surface area contributed by atoms with Crippen LogP contribution in [0.2, 0.25) is 0 Å². The summed E-state index contributed by atoms with van der Waals surface area (Å²) in [5, 5.41) is 15.0. The lowest BCUT2D eigenvalue weighted by Crippen LogP contribution is -2.77. The zero-order valence-corrected chi connectivity index (χ0v) is 72.8. The number of ether oxygens (including phenoxy) is 2. The Hall–Kier alpha value is -9.88. The lowest BCUT2D eigenvalue weighted by atomic mass is 9.34. The van der Waals surface area contributed by atoms with Crippen molar-refractivity contribution < 1.29 is 10.9 Å². The summed E-state index contributed by atoms with van der Waals surface area (Å²) in [7, 11) is -5.05. The minimum atomic E-state index is -2.71. The highest BCUT2D eigenvalue weighted by molar-refractivity contribution is 14.0.